The van der Waals surface area contributed by atoms with Crippen LogP contribution in [0.4, 0.5) is 0 Å². The van der Waals surface area contributed by atoms with Crippen LogP contribution in [-0.4, -0.2) is 0 Å². The Bertz CT molecular complexity index is 361. The number of halogens is 2. The smallest absolute Gasteiger partial charge is 0.0410 e. The molecule has 1 aromatic rings. The van der Waals surface area contributed by atoms with Gasteiger partial charge in [0.05, 0.1) is 0 Å². The molecule has 1 aliphatic rings. The highest BCUT2D eigenvalue weighted by Crippen LogP contribution is 2.36. The molecule has 0 heterocycles. The Hall–Kier alpha value is -0.0500. The van der Waals surface area contributed by atoms with Crippen LogP contribution in [0.25, 0.3) is 0 Å². The van der Waals surface area contributed by atoms with E-state index in [2.05, 4.69) is 15.9 Å². The summed E-state index contributed by atoms with van der Waals surface area (Å²) in [7, 11) is 0. The predicted molar refractivity (Wildman–Crippen MR) is 72.7 cm³/mol. The summed E-state index contributed by atoms with van der Waals surface area (Å²) in [6.07, 6.45) is 6.49. The van der Waals surface area contributed by atoms with Gasteiger partial charge in [-0.05, 0) is 42.5 Å². The van der Waals surface area contributed by atoms with Crippen molar-refractivity contribution in [2.75, 3.05) is 0 Å². The number of benzene rings is 1. The summed E-state index contributed by atoms with van der Waals surface area (Å²) < 4.78 is 1.08. The molecule has 1 fully saturated rings. The minimum Gasteiger partial charge on any atom is -0.324 e. The number of rotatable bonds is 2. The lowest BCUT2D eigenvalue weighted by Crippen LogP contribution is -2.23. The van der Waals surface area contributed by atoms with Crippen molar-refractivity contribution in [3.05, 3.63) is 33.3 Å². The standard InChI is InChI=1S/C13H17BrClN/c14-12-7-6-10(15)8-11(12)13(16)9-4-2-1-3-5-9/h6-9,13H,1-5,16H2/t13-/m0/s1. The van der Waals surface area contributed by atoms with Gasteiger partial charge in [0.25, 0.3) is 0 Å². The van der Waals surface area contributed by atoms with Gasteiger partial charge < -0.3 is 5.73 Å². The molecule has 2 N–H and O–H groups in total. The van der Waals surface area contributed by atoms with Crippen molar-refractivity contribution in [2.24, 2.45) is 11.7 Å². The molecule has 1 saturated carbocycles. The van der Waals surface area contributed by atoms with Gasteiger partial charge in [0.2, 0.25) is 0 Å². The first kappa shape index (κ1) is 12.4. The molecule has 88 valence electrons. The molecule has 0 amide bonds. The SMILES string of the molecule is N[C@H](c1cc(Cl)ccc1Br)C1CCCCC1. The van der Waals surface area contributed by atoms with E-state index in [0.717, 1.165) is 15.1 Å². The van der Waals surface area contributed by atoms with Crippen molar-refractivity contribution in [1.29, 1.82) is 0 Å². The summed E-state index contributed by atoms with van der Waals surface area (Å²) in [5.74, 6) is 0.614. The van der Waals surface area contributed by atoms with E-state index in [0.29, 0.717) is 5.92 Å². The maximum Gasteiger partial charge on any atom is 0.0410 e. The summed E-state index contributed by atoms with van der Waals surface area (Å²) in [6, 6.07) is 5.99. The van der Waals surface area contributed by atoms with E-state index in [-0.39, 0.29) is 6.04 Å². The summed E-state index contributed by atoms with van der Waals surface area (Å²) in [5, 5.41) is 0.768. The molecule has 16 heavy (non-hydrogen) atoms. The van der Waals surface area contributed by atoms with Crippen LogP contribution in [-0.2, 0) is 0 Å². The molecule has 1 aromatic carbocycles. The molecule has 1 atom stereocenters. The molecule has 0 spiro atoms. The van der Waals surface area contributed by atoms with Gasteiger partial charge in [-0.2, -0.15) is 0 Å². The topological polar surface area (TPSA) is 26.0 Å². The lowest BCUT2D eigenvalue weighted by Gasteiger charge is -2.28. The molecule has 0 radical (unpaired) electrons. The van der Waals surface area contributed by atoms with E-state index < -0.39 is 0 Å². The fourth-order valence-corrected chi connectivity index (χ4v) is 3.21. The van der Waals surface area contributed by atoms with Crippen LogP contribution in [0.3, 0.4) is 0 Å². The summed E-state index contributed by atoms with van der Waals surface area (Å²) in [5.41, 5.74) is 7.50. The van der Waals surface area contributed by atoms with Gasteiger partial charge in [0, 0.05) is 15.5 Å². The molecule has 0 bridgehead atoms. The van der Waals surface area contributed by atoms with Crippen molar-refractivity contribution in [1.82, 2.24) is 0 Å². The van der Waals surface area contributed by atoms with Crippen LogP contribution in [0.15, 0.2) is 22.7 Å². The van der Waals surface area contributed by atoms with Crippen molar-refractivity contribution < 1.29 is 0 Å². The Balaban J connectivity index is 2.18. The third-order valence-corrected chi connectivity index (χ3v) is 4.43. The van der Waals surface area contributed by atoms with Crippen molar-refractivity contribution in [3.8, 4) is 0 Å². The normalized spacial score (nSPS) is 19.7. The van der Waals surface area contributed by atoms with E-state index in [9.17, 15) is 0 Å². The van der Waals surface area contributed by atoms with E-state index in [1.54, 1.807) is 0 Å². The van der Waals surface area contributed by atoms with Gasteiger partial charge in [0.1, 0.15) is 0 Å². The van der Waals surface area contributed by atoms with Crippen LogP contribution >= 0.6 is 27.5 Å². The Morgan fingerprint density at radius 1 is 1.25 bits per heavy atom. The second-order valence-corrected chi connectivity index (χ2v) is 5.88. The molecule has 3 heteroatoms. The van der Waals surface area contributed by atoms with Gasteiger partial charge in [-0.15, -0.1) is 0 Å². The average Bonchev–Trinajstić information content (AvgIpc) is 2.32. The fraction of sp³-hybridized carbons (Fsp3) is 0.538. The van der Waals surface area contributed by atoms with Gasteiger partial charge in [-0.25, -0.2) is 0 Å². The zero-order chi connectivity index (χ0) is 11.5. The predicted octanol–water partition coefficient (Wildman–Crippen LogP) is 4.68. The first-order valence-corrected chi connectivity index (χ1v) is 7.06. The highest BCUT2D eigenvalue weighted by molar-refractivity contribution is 9.10. The number of hydrogen-bond acceptors (Lipinski definition) is 1. The fourth-order valence-electron chi connectivity index (χ4n) is 2.52. The lowest BCUT2D eigenvalue weighted by molar-refractivity contribution is 0.307. The Kier molecular flexibility index (Phi) is 4.28. The van der Waals surface area contributed by atoms with Crippen LogP contribution in [0.5, 0.6) is 0 Å². The highest BCUT2D eigenvalue weighted by Gasteiger charge is 2.23. The Morgan fingerprint density at radius 3 is 2.62 bits per heavy atom. The number of nitrogens with two attached hydrogens (primary N) is 1. The van der Waals surface area contributed by atoms with E-state index in [1.165, 1.54) is 32.1 Å². The quantitative estimate of drug-likeness (QED) is 0.843. The average molecular weight is 303 g/mol. The van der Waals surface area contributed by atoms with Crippen LogP contribution in [0, 0.1) is 5.92 Å². The van der Waals surface area contributed by atoms with Gasteiger partial charge >= 0.3 is 0 Å². The third-order valence-electron chi connectivity index (χ3n) is 3.47. The molecular formula is C13H17BrClN. The summed E-state index contributed by atoms with van der Waals surface area (Å²) in [6.45, 7) is 0. The lowest BCUT2D eigenvalue weighted by atomic mass is 9.81. The van der Waals surface area contributed by atoms with Gasteiger partial charge in [0.15, 0.2) is 0 Å². The Labute approximate surface area is 110 Å². The Morgan fingerprint density at radius 2 is 1.94 bits per heavy atom. The van der Waals surface area contributed by atoms with E-state index >= 15 is 0 Å². The zero-order valence-electron chi connectivity index (χ0n) is 9.26. The van der Waals surface area contributed by atoms with Gasteiger partial charge in [-0.3, -0.25) is 0 Å². The van der Waals surface area contributed by atoms with E-state index in [1.807, 2.05) is 18.2 Å². The van der Waals surface area contributed by atoms with Crippen LogP contribution < -0.4 is 5.73 Å². The van der Waals surface area contributed by atoms with Crippen molar-refractivity contribution in [2.45, 2.75) is 38.1 Å². The molecule has 0 aromatic heterocycles. The molecule has 0 saturated heterocycles. The van der Waals surface area contributed by atoms with Crippen molar-refractivity contribution >= 4 is 27.5 Å². The van der Waals surface area contributed by atoms with Gasteiger partial charge in [-0.1, -0.05) is 46.8 Å². The highest BCUT2D eigenvalue weighted by atomic mass is 79.9. The maximum absolute atomic E-state index is 6.35. The minimum absolute atomic E-state index is 0.119. The summed E-state index contributed by atoms with van der Waals surface area (Å²) in [4.78, 5) is 0. The first-order valence-electron chi connectivity index (χ1n) is 5.89. The monoisotopic (exact) mass is 301 g/mol. The van der Waals surface area contributed by atoms with E-state index in [4.69, 9.17) is 17.3 Å². The minimum atomic E-state index is 0.119. The van der Waals surface area contributed by atoms with Crippen LogP contribution in [0.2, 0.25) is 5.02 Å². The number of hydrogen-bond donors (Lipinski definition) is 1. The molecule has 2 rings (SSSR count). The molecule has 0 aliphatic heterocycles. The summed E-state index contributed by atoms with van der Waals surface area (Å²) >= 11 is 9.58. The second-order valence-electron chi connectivity index (χ2n) is 4.59. The van der Waals surface area contributed by atoms with Crippen LogP contribution in [0.1, 0.15) is 43.7 Å². The molecule has 0 unspecified atom stereocenters. The zero-order valence-corrected chi connectivity index (χ0v) is 11.6. The molecular weight excluding hydrogens is 286 g/mol. The van der Waals surface area contributed by atoms with Crippen molar-refractivity contribution in [3.63, 3.8) is 0 Å². The third kappa shape index (κ3) is 2.79. The molecule has 1 nitrogen and oxygen atoms in total. The second kappa shape index (κ2) is 5.52. The maximum atomic E-state index is 6.35. The largest absolute Gasteiger partial charge is 0.324 e. The molecule has 1 aliphatic carbocycles. The first-order chi connectivity index (χ1) is 7.68.